The number of benzene rings is 1. The minimum Gasteiger partial charge on any atom is -0.460 e. The topological polar surface area (TPSA) is 45.8 Å². The van der Waals surface area contributed by atoms with Crippen molar-refractivity contribution in [3.05, 3.63) is 36.1 Å². The molecule has 4 nitrogen and oxygen atoms in total. The molecule has 0 amide bonds. The van der Waals surface area contributed by atoms with Crippen molar-refractivity contribution < 1.29 is 14.3 Å². The molecule has 1 unspecified atom stereocenters. The molecule has 4 heteroatoms. The number of likely N-dealkylation sites (N-methyl/N-ethyl adjacent to an activating group) is 1. The van der Waals surface area contributed by atoms with Crippen LogP contribution in [0.5, 0.6) is 0 Å². The third-order valence-electron chi connectivity index (χ3n) is 3.05. The largest absolute Gasteiger partial charge is 0.460 e. The maximum atomic E-state index is 9.89. The lowest BCUT2D eigenvalue weighted by atomic mass is 10.2. The van der Waals surface area contributed by atoms with Crippen molar-refractivity contribution in [3.8, 4) is 0 Å². The summed E-state index contributed by atoms with van der Waals surface area (Å²) in [4.78, 5) is 2.03. The van der Waals surface area contributed by atoms with Crippen LogP contribution in [0.4, 0.5) is 0 Å². The van der Waals surface area contributed by atoms with Gasteiger partial charge in [-0.3, -0.25) is 4.90 Å². The van der Waals surface area contributed by atoms with Crippen LogP contribution in [0.2, 0.25) is 0 Å². The van der Waals surface area contributed by atoms with Gasteiger partial charge in [-0.25, -0.2) is 0 Å². The van der Waals surface area contributed by atoms with Crippen LogP contribution in [0.1, 0.15) is 19.6 Å². The first-order valence-electron chi connectivity index (χ1n) is 7.00. The highest BCUT2D eigenvalue weighted by Gasteiger charge is 2.12. The maximum Gasteiger partial charge on any atom is 0.134 e. The molecule has 0 saturated heterocycles. The van der Waals surface area contributed by atoms with Gasteiger partial charge in [-0.15, -0.1) is 0 Å². The number of fused-ring (bicyclic) bond motifs is 1. The van der Waals surface area contributed by atoms with Crippen LogP contribution >= 0.6 is 0 Å². The Hall–Kier alpha value is -1.36. The molecule has 110 valence electrons. The Balaban J connectivity index is 1.86. The zero-order chi connectivity index (χ0) is 14.5. The van der Waals surface area contributed by atoms with Gasteiger partial charge in [0.25, 0.3) is 0 Å². The Morgan fingerprint density at radius 2 is 2.05 bits per heavy atom. The Bertz CT molecular complexity index is 502. The summed E-state index contributed by atoms with van der Waals surface area (Å²) in [5.41, 5.74) is 0.902. The van der Waals surface area contributed by atoms with E-state index in [4.69, 9.17) is 9.15 Å². The minimum absolute atomic E-state index is 0.144. The third kappa shape index (κ3) is 4.34. The van der Waals surface area contributed by atoms with E-state index in [2.05, 4.69) is 0 Å². The van der Waals surface area contributed by atoms with E-state index in [0.717, 1.165) is 16.7 Å². The predicted octanol–water partition coefficient (Wildman–Crippen LogP) is 2.65. The van der Waals surface area contributed by atoms with E-state index < -0.39 is 6.10 Å². The molecule has 0 saturated carbocycles. The molecule has 0 aliphatic rings. The second-order valence-corrected chi connectivity index (χ2v) is 5.48. The Morgan fingerprint density at radius 1 is 1.30 bits per heavy atom. The summed E-state index contributed by atoms with van der Waals surface area (Å²) in [5.74, 6) is 0.908. The molecular weight excluding hydrogens is 254 g/mol. The zero-order valence-corrected chi connectivity index (χ0v) is 12.4. The maximum absolute atomic E-state index is 9.89. The van der Waals surface area contributed by atoms with E-state index in [0.29, 0.717) is 19.7 Å². The van der Waals surface area contributed by atoms with Crippen molar-refractivity contribution in [2.75, 3.05) is 20.2 Å². The number of nitrogens with zero attached hydrogens (tertiary/aromatic N) is 1. The molecule has 0 aliphatic carbocycles. The summed E-state index contributed by atoms with van der Waals surface area (Å²) in [6.07, 6.45) is -0.336. The standard InChI is InChI=1S/C16H23NO3/c1-12(2)19-11-14(18)9-17(3)10-15-8-13-6-4-5-7-16(13)20-15/h4-8,12,14,18H,9-11H2,1-3H3. The highest BCUT2D eigenvalue weighted by molar-refractivity contribution is 5.77. The predicted molar refractivity (Wildman–Crippen MR) is 79.6 cm³/mol. The number of hydrogen-bond donors (Lipinski definition) is 1. The van der Waals surface area contributed by atoms with Gasteiger partial charge in [-0.2, -0.15) is 0 Å². The van der Waals surface area contributed by atoms with Gasteiger partial charge in [-0.1, -0.05) is 18.2 Å². The molecule has 0 radical (unpaired) electrons. The molecule has 0 fully saturated rings. The van der Waals surface area contributed by atoms with E-state index in [1.54, 1.807) is 0 Å². The first-order chi connectivity index (χ1) is 9.54. The molecule has 1 atom stereocenters. The van der Waals surface area contributed by atoms with Gasteiger partial charge in [0.2, 0.25) is 0 Å². The van der Waals surface area contributed by atoms with Gasteiger partial charge in [0.1, 0.15) is 11.3 Å². The molecule has 0 spiro atoms. The fourth-order valence-electron chi connectivity index (χ4n) is 2.16. The quantitative estimate of drug-likeness (QED) is 0.845. The second-order valence-electron chi connectivity index (χ2n) is 5.48. The van der Waals surface area contributed by atoms with Crippen LogP contribution in [0.3, 0.4) is 0 Å². The highest BCUT2D eigenvalue weighted by atomic mass is 16.5. The number of hydrogen-bond acceptors (Lipinski definition) is 4. The molecular formula is C16H23NO3. The number of aliphatic hydroxyl groups excluding tert-OH is 1. The average molecular weight is 277 g/mol. The first-order valence-corrected chi connectivity index (χ1v) is 7.00. The number of para-hydroxylation sites is 1. The van der Waals surface area contributed by atoms with E-state index >= 15 is 0 Å². The van der Waals surface area contributed by atoms with Crippen molar-refractivity contribution in [2.45, 2.75) is 32.6 Å². The summed E-state index contributed by atoms with van der Waals surface area (Å²) >= 11 is 0. The number of ether oxygens (including phenoxy) is 1. The fourth-order valence-corrected chi connectivity index (χ4v) is 2.16. The number of furan rings is 1. The van der Waals surface area contributed by atoms with Gasteiger partial charge in [0, 0.05) is 11.9 Å². The highest BCUT2D eigenvalue weighted by Crippen LogP contribution is 2.19. The molecule has 1 N–H and O–H groups in total. The lowest BCUT2D eigenvalue weighted by Gasteiger charge is -2.20. The van der Waals surface area contributed by atoms with Crippen molar-refractivity contribution in [2.24, 2.45) is 0 Å². The first kappa shape index (κ1) is 15.0. The molecule has 0 bridgehead atoms. The van der Waals surface area contributed by atoms with E-state index in [-0.39, 0.29) is 6.10 Å². The Morgan fingerprint density at radius 3 is 2.75 bits per heavy atom. The van der Waals surface area contributed by atoms with Crippen LogP contribution in [0.25, 0.3) is 11.0 Å². The monoisotopic (exact) mass is 277 g/mol. The molecule has 1 aromatic carbocycles. The van der Waals surface area contributed by atoms with Crippen molar-refractivity contribution in [1.82, 2.24) is 4.90 Å². The van der Waals surface area contributed by atoms with Crippen LogP contribution in [0, 0.1) is 0 Å². The number of aliphatic hydroxyl groups is 1. The molecule has 0 aliphatic heterocycles. The Kier molecular flexibility index (Phi) is 5.17. The lowest BCUT2D eigenvalue weighted by molar-refractivity contribution is -0.00685. The summed E-state index contributed by atoms with van der Waals surface area (Å²) in [7, 11) is 1.96. The van der Waals surface area contributed by atoms with Gasteiger partial charge in [0.15, 0.2) is 0 Å². The molecule has 1 aromatic heterocycles. The molecule has 20 heavy (non-hydrogen) atoms. The van der Waals surface area contributed by atoms with Gasteiger partial charge >= 0.3 is 0 Å². The summed E-state index contributed by atoms with van der Waals surface area (Å²) in [6.45, 7) is 5.52. The van der Waals surface area contributed by atoms with E-state index in [1.165, 1.54) is 0 Å². The van der Waals surface area contributed by atoms with Crippen molar-refractivity contribution in [1.29, 1.82) is 0 Å². The van der Waals surface area contributed by atoms with Crippen LogP contribution < -0.4 is 0 Å². The summed E-state index contributed by atoms with van der Waals surface area (Å²) in [6, 6.07) is 10.0. The number of rotatable bonds is 7. The third-order valence-corrected chi connectivity index (χ3v) is 3.05. The van der Waals surface area contributed by atoms with Gasteiger partial charge in [-0.05, 0) is 33.0 Å². The molecule has 2 aromatic rings. The van der Waals surface area contributed by atoms with Crippen molar-refractivity contribution in [3.63, 3.8) is 0 Å². The zero-order valence-electron chi connectivity index (χ0n) is 12.4. The minimum atomic E-state index is -0.480. The second kappa shape index (κ2) is 6.88. The van der Waals surface area contributed by atoms with E-state index in [1.807, 2.05) is 56.1 Å². The van der Waals surface area contributed by atoms with Crippen LogP contribution in [0.15, 0.2) is 34.7 Å². The lowest BCUT2D eigenvalue weighted by Crippen LogP contribution is -2.32. The van der Waals surface area contributed by atoms with Gasteiger partial charge in [0.05, 0.1) is 25.4 Å². The van der Waals surface area contributed by atoms with Gasteiger partial charge < -0.3 is 14.3 Å². The van der Waals surface area contributed by atoms with Crippen molar-refractivity contribution >= 4 is 11.0 Å². The molecule has 1 heterocycles. The normalized spacial score (nSPS) is 13.5. The molecule has 2 rings (SSSR count). The summed E-state index contributed by atoms with van der Waals surface area (Å²) < 4.78 is 11.2. The fraction of sp³-hybridized carbons (Fsp3) is 0.500. The van der Waals surface area contributed by atoms with Crippen LogP contribution in [-0.4, -0.2) is 42.4 Å². The summed E-state index contributed by atoms with van der Waals surface area (Å²) in [5, 5.41) is 11.0. The van der Waals surface area contributed by atoms with Crippen LogP contribution in [-0.2, 0) is 11.3 Å². The SMILES string of the molecule is CC(C)OCC(O)CN(C)Cc1cc2ccccc2o1. The van der Waals surface area contributed by atoms with E-state index in [9.17, 15) is 5.11 Å². The smallest absolute Gasteiger partial charge is 0.134 e. The Labute approximate surface area is 119 Å². The average Bonchev–Trinajstić information content (AvgIpc) is 2.78.